The molecule has 1 aliphatic carbocycles. The van der Waals surface area contributed by atoms with Gasteiger partial charge in [-0.2, -0.15) is 0 Å². The number of esters is 1. The van der Waals surface area contributed by atoms with Crippen LogP contribution in [0.3, 0.4) is 0 Å². The average molecular weight is 205 g/mol. The first-order chi connectivity index (χ1) is 7.29. The summed E-state index contributed by atoms with van der Waals surface area (Å²) in [6, 6.07) is 1.20. The molecular formula is C12H15NO2. The molecule has 0 N–H and O–H groups in total. The van der Waals surface area contributed by atoms with Crippen molar-refractivity contribution in [3.8, 4) is 0 Å². The summed E-state index contributed by atoms with van der Waals surface area (Å²) in [6.45, 7) is 1.21. The van der Waals surface area contributed by atoms with Gasteiger partial charge in [-0.1, -0.05) is 0 Å². The lowest BCUT2D eigenvalue weighted by Gasteiger charge is -2.54. The Kier molecular flexibility index (Phi) is 1.37. The Morgan fingerprint density at radius 2 is 2.40 bits per heavy atom. The van der Waals surface area contributed by atoms with Gasteiger partial charge >= 0.3 is 5.97 Å². The number of fused-ring (bicyclic) bond motifs is 1. The topological polar surface area (TPSA) is 29.5 Å². The highest BCUT2D eigenvalue weighted by Crippen LogP contribution is 2.53. The number of nitrogens with zero attached hydrogens (tertiary/aromatic N) is 1. The fraction of sp³-hybridized carbons (Fsp3) is 0.750. The minimum atomic E-state index is -0.192. The molecule has 80 valence electrons. The third-order valence-corrected chi connectivity index (χ3v) is 4.72. The van der Waals surface area contributed by atoms with Gasteiger partial charge in [-0.15, -0.1) is 0 Å². The van der Waals surface area contributed by atoms with E-state index < -0.39 is 0 Å². The number of rotatable bonds is 0. The summed E-state index contributed by atoms with van der Waals surface area (Å²) in [5, 5.41) is 0. The summed E-state index contributed by atoms with van der Waals surface area (Å²) in [5.74, 6) is -0.0978. The van der Waals surface area contributed by atoms with Crippen LogP contribution in [-0.4, -0.2) is 35.1 Å². The Hall–Kier alpha value is -0.830. The van der Waals surface area contributed by atoms with Gasteiger partial charge in [0.1, 0.15) is 5.60 Å². The van der Waals surface area contributed by atoms with Crippen molar-refractivity contribution in [1.82, 2.24) is 4.90 Å². The normalized spacial score (nSPS) is 47.5. The summed E-state index contributed by atoms with van der Waals surface area (Å²) in [6.07, 6.45) is 7.59. The second-order valence-electron chi connectivity index (χ2n) is 5.27. The summed E-state index contributed by atoms with van der Waals surface area (Å²) in [5.41, 5.74) is 1.11. The van der Waals surface area contributed by atoms with Crippen molar-refractivity contribution in [2.24, 2.45) is 0 Å². The molecule has 0 amide bonds. The first-order valence-corrected chi connectivity index (χ1v) is 5.99. The summed E-state index contributed by atoms with van der Waals surface area (Å²) >= 11 is 0. The highest BCUT2D eigenvalue weighted by atomic mass is 16.6. The molecule has 4 aliphatic heterocycles. The fourth-order valence-electron chi connectivity index (χ4n) is 4.18. The molecule has 3 saturated heterocycles. The van der Waals surface area contributed by atoms with E-state index in [9.17, 15) is 4.79 Å². The van der Waals surface area contributed by atoms with Gasteiger partial charge in [0, 0.05) is 12.1 Å². The molecular weight excluding hydrogens is 190 g/mol. The Morgan fingerprint density at radius 3 is 3.33 bits per heavy atom. The second-order valence-corrected chi connectivity index (χ2v) is 5.27. The average Bonchev–Trinajstić information content (AvgIpc) is 2.78. The maximum atomic E-state index is 11.5. The van der Waals surface area contributed by atoms with E-state index in [0.29, 0.717) is 12.1 Å². The SMILES string of the molecule is O=C1C=C2CC3CCC2(O1)C1CCCN31. The molecule has 3 unspecified atom stereocenters. The van der Waals surface area contributed by atoms with Crippen LogP contribution >= 0.6 is 0 Å². The van der Waals surface area contributed by atoms with E-state index in [-0.39, 0.29) is 11.6 Å². The molecule has 3 heteroatoms. The van der Waals surface area contributed by atoms with Gasteiger partial charge in [-0.3, -0.25) is 4.90 Å². The van der Waals surface area contributed by atoms with Crippen LogP contribution in [0.15, 0.2) is 11.6 Å². The maximum Gasteiger partial charge on any atom is 0.331 e. The number of piperidine rings is 2. The quantitative estimate of drug-likeness (QED) is 0.557. The number of carbonyl (C=O) groups is 1. The van der Waals surface area contributed by atoms with Gasteiger partial charge in [0.15, 0.2) is 0 Å². The number of hydrogen-bond acceptors (Lipinski definition) is 3. The fourth-order valence-corrected chi connectivity index (χ4v) is 4.18. The van der Waals surface area contributed by atoms with Gasteiger partial charge in [-0.05, 0) is 44.2 Å². The molecule has 3 atom stereocenters. The molecule has 15 heavy (non-hydrogen) atoms. The lowest BCUT2D eigenvalue weighted by atomic mass is 9.68. The van der Waals surface area contributed by atoms with Crippen molar-refractivity contribution >= 4 is 5.97 Å². The summed E-state index contributed by atoms with van der Waals surface area (Å²) in [7, 11) is 0. The van der Waals surface area contributed by atoms with Crippen molar-refractivity contribution in [3.05, 3.63) is 11.6 Å². The number of ether oxygens (including phenoxy) is 1. The molecule has 5 aliphatic rings. The van der Waals surface area contributed by atoms with E-state index in [1.165, 1.54) is 31.4 Å². The van der Waals surface area contributed by atoms with Crippen molar-refractivity contribution in [3.63, 3.8) is 0 Å². The van der Waals surface area contributed by atoms with Crippen molar-refractivity contribution in [2.75, 3.05) is 6.54 Å². The lowest BCUT2D eigenvalue weighted by Crippen LogP contribution is -2.63. The zero-order valence-corrected chi connectivity index (χ0v) is 8.74. The first-order valence-electron chi connectivity index (χ1n) is 5.99. The molecule has 4 heterocycles. The Balaban J connectivity index is 1.85. The Labute approximate surface area is 89.1 Å². The standard InChI is InChI=1S/C12H15NO2/c14-11-7-8-6-9-3-4-12(8,15-11)10-2-1-5-13(9)10/h7,9-10H,1-6H2. The van der Waals surface area contributed by atoms with Crippen molar-refractivity contribution < 1.29 is 9.53 Å². The van der Waals surface area contributed by atoms with Gasteiger partial charge < -0.3 is 4.74 Å². The molecule has 0 radical (unpaired) electrons. The minimum Gasteiger partial charge on any atom is -0.450 e. The van der Waals surface area contributed by atoms with Crippen LogP contribution in [0.25, 0.3) is 0 Å². The molecule has 4 fully saturated rings. The van der Waals surface area contributed by atoms with Crippen LogP contribution in [-0.2, 0) is 9.53 Å². The van der Waals surface area contributed by atoms with Crippen molar-refractivity contribution in [2.45, 2.75) is 49.8 Å². The highest BCUT2D eigenvalue weighted by Gasteiger charge is 2.60. The monoisotopic (exact) mass is 205 g/mol. The smallest absolute Gasteiger partial charge is 0.331 e. The van der Waals surface area contributed by atoms with E-state index in [1.54, 1.807) is 6.08 Å². The molecule has 0 aromatic heterocycles. The third kappa shape index (κ3) is 0.842. The molecule has 1 saturated carbocycles. The first kappa shape index (κ1) is 8.34. The van der Waals surface area contributed by atoms with Gasteiger partial charge in [-0.25, -0.2) is 4.79 Å². The molecule has 2 bridgehead atoms. The zero-order chi connectivity index (χ0) is 10.0. The van der Waals surface area contributed by atoms with Crippen LogP contribution in [0.5, 0.6) is 0 Å². The van der Waals surface area contributed by atoms with Crippen LogP contribution in [0.4, 0.5) is 0 Å². The van der Waals surface area contributed by atoms with Crippen LogP contribution in [0.2, 0.25) is 0 Å². The van der Waals surface area contributed by atoms with Crippen LogP contribution in [0.1, 0.15) is 32.1 Å². The zero-order valence-electron chi connectivity index (χ0n) is 8.74. The van der Waals surface area contributed by atoms with E-state index in [0.717, 1.165) is 12.8 Å². The number of hydrogen-bond donors (Lipinski definition) is 0. The highest BCUT2D eigenvalue weighted by molar-refractivity contribution is 5.87. The predicted molar refractivity (Wildman–Crippen MR) is 54.3 cm³/mol. The molecule has 1 spiro atoms. The van der Waals surface area contributed by atoms with Crippen LogP contribution in [0, 0.1) is 0 Å². The predicted octanol–water partition coefficient (Wildman–Crippen LogP) is 1.24. The van der Waals surface area contributed by atoms with Gasteiger partial charge in [0.2, 0.25) is 0 Å². The Bertz CT molecular complexity index is 376. The molecule has 5 rings (SSSR count). The largest absolute Gasteiger partial charge is 0.450 e. The van der Waals surface area contributed by atoms with E-state index in [1.807, 2.05) is 0 Å². The second kappa shape index (κ2) is 2.46. The Morgan fingerprint density at radius 1 is 1.47 bits per heavy atom. The van der Waals surface area contributed by atoms with E-state index in [4.69, 9.17) is 4.74 Å². The lowest BCUT2D eigenvalue weighted by molar-refractivity contribution is -0.162. The maximum absolute atomic E-state index is 11.5. The molecule has 0 aromatic rings. The summed E-state index contributed by atoms with van der Waals surface area (Å²) in [4.78, 5) is 14.1. The summed E-state index contributed by atoms with van der Waals surface area (Å²) < 4.78 is 5.68. The van der Waals surface area contributed by atoms with Gasteiger partial charge in [0.25, 0.3) is 0 Å². The minimum absolute atomic E-state index is 0.0978. The third-order valence-electron chi connectivity index (χ3n) is 4.72. The van der Waals surface area contributed by atoms with Crippen LogP contribution < -0.4 is 0 Å². The van der Waals surface area contributed by atoms with E-state index >= 15 is 0 Å². The number of carbonyl (C=O) groups excluding carboxylic acids is 1. The van der Waals surface area contributed by atoms with Gasteiger partial charge in [0.05, 0.1) is 6.04 Å². The van der Waals surface area contributed by atoms with Crippen molar-refractivity contribution in [1.29, 1.82) is 0 Å². The van der Waals surface area contributed by atoms with E-state index in [2.05, 4.69) is 4.90 Å². The molecule has 0 aromatic carbocycles. The molecule has 3 nitrogen and oxygen atoms in total.